The fourth-order valence-corrected chi connectivity index (χ4v) is 4.29. The summed E-state index contributed by atoms with van der Waals surface area (Å²) in [6, 6.07) is 15.4. The summed E-state index contributed by atoms with van der Waals surface area (Å²) in [4.78, 5) is 13.0. The number of ether oxygens (including phenoxy) is 2. The van der Waals surface area contributed by atoms with Gasteiger partial charge in [0.2, 0.25) is 10.0 Å². The maximum Gasteiger partial charge on any atom is 0.255 e. The minimum atomic E-state index is -3.72. The Hall–Kier alpha value is -3.59. The second kappa shape index (κ2) is 10.6. The molecule has 0 bridgehead atoms. The van der Waals surface area contributed by atoms with E-state index in [-0.39, 0.29) is 12.5 Å². The predicted octanol–water partition coefficient (Wildman–Crippen LogP) is 4.76. The predicted molar refractivity (Wildman–Crippen MR) is 131 cm³/mol. The number of anilines is 2. The van der Waals surface area contributed by atoms with Gasteiger partial charge in [-0.3, -0.25) is 9.10 Å². The monoisotopic (exact) mass is 486 g/mol. The van der Waals surface area contributed by atoms with Crippen molar-refractivity contribution < 1.29 is 27.1 Å². The highest BCUT2D eigenvalue weighted by Gasteiger charge is 2.21. The van der Waals surface area contributed by atoms with Crippen molar-refractivity contribution in [2.24, 2.45) is 0 Å². The van der Waals surface area contributed by atoms with Gasteiger partial charge in [0.25, 0.3) is 5.91 Å². The van der Waals surface area contributed by atoms with Crippen molar-refractivity contribution in [3.05, 3.63) is 83.2 Å². The smallest absolute Gasteiger partial charge is 0.255 e. The minimum Gasteiger partial charge on any atom is -0.495 e. The van der Waals surface area contributed by atoms with E-state index in [1.165, 1.54) is 31.4 Å². The summed E-state index contributed by atoms with van der Waals surface area (Å²) in [5.74, 6) is 0.103. The molecule has 0 aliphatic heterocycles. The van der Waals surface area contributed by atoms with Crippen LogP contribution in [0.5, 0.6) is 11.5 Å². The number of aryl methyl sites for hydroxylation is 1. The summed E-state index contributed by atoms with van der Waals surface area (Å²) in [6.07, 6.45) is 1.07. The summed E-state index contributed by atoms with van der Waals surface area (Å²) in [7, 11) is -2.20. The van der Waals surface area contributed by atoms with Gasteiger partial charge >= 0.3 is 0 Å². The molecule has 3 aromatic carbocycles. The third-order valence-electron chi connectivity index (χ3n) is 5.05. The largest absolute Gasteiger partial charge is 0.495 e. The number of rotatable bonds is 9. The van der Waals surface area contributed by atoms with Crippen LogP contribution in [0.15, 0.2) is 60.7 Å². The Morgan fingerprint density at radius 3 is 2.32 bits per heavy atom. The lowest BCUT2D eigenvalue weighted by molar-refractivity contribution is 0.102. The molecule has 0 fully saturated rings. The molecule has 0 aromatic heterocycles. The van der Waals surface area contributed by atoms with Gasteiger partial charge in [0, 0.05) is 11.1 Å². The standard InChI is InChI=1S/C25H27FN2O5S/c1-5-33-23-13-7-18(25(29)27-22-14-17(2)6-12-24(22)32-3)15-19(23)16-28(34(4,30)31)21-10-8-20(26)9-11-21/h6-15H,5,16H2,1-4H3,(H,27,29). The molecule has 180 valence electrons. The van der Waals surface area contributed by atoms with Crippen LogP contribution in [0.1, 0.15) is 28.4 Å². The molecular weight excluding hydrogens is 459 g/mol. The lowest BCUT2D eigenvalue weighted by Gasteiger charge is -2.24. The normalized spacial score (nSPS) is 11.1. The van der Waals surface area contributed by atoms with Gasteiger partial charge in [0.05, 0.1) is 37.9 Å². The van der Waals surface area contributed by atoms with E-state index < -0.39 is 15.8 Å². The Kier molecular flexibility index (Phi) is 7.78. The minimum absolute atomic E-state index is 0.102. The number of nitrogens with one attached hydrogen (secondary N) is 1. The molecule has 34 heavy (non-hydrogen) atoms. The molecule has 0 saturated carbocycles. The van der Waals surface area contributed by atoms with Crippen LogP contribution in [0, 0.1) is 12.7 Å². The average molecular weight is 487 g/mol. The van der Waals surface area contributed by atoms with Crippen LogP contribution in [0.4, 0.5) is 15.8 Å². The Morgan fingerprint density at radius 2 is 1.71 bits per heavy atom. The molecule has 0 radical (unpaired) electrons. The Bertz CT molecular complexity index is 1280. The molecule has 1 N–H and O–H groups in total. The maximum absolute atomic E-state index is 13.4. The van der Waals surface area contributed by atoms with Crippen LogP contribution < -0.4 is 19.1 Å². The maximum atomic E-state index is 13.4. The Balaban J connectivity index is 1.97. The van der Waals surface area contributed by atoms with Crippen LogP contribution in [-0.2, 0) is 16.6 Å². The SMILES string of the molecule is CCOc1ccc(C(=O)Nc2cc(C)ccc2OC)cc1CN(c1ccc(F)cc1)S(C)(=O)=O. The fraction of sp³-hybridized carbons (Fsp3) is 0.240. The topological polar surface area (TPSA) is 84.9 Å². The van der Waals surface area contributed by atoms with Gasteiger partial charge in [-0.25, -0.2) is 12.8 Å². The van der Waals surface area contributed by atoms with Crippen molar-refractivity contribution in [3.8, 4) is 11.5 Å². The molecule has 0 atom stereocenters. The highest BCUT2D eigenvalue weighted by Crippen LogP contribution is 2.29. The van der Waals surface area contributed by atoms with E-state index in [4.69, 9.17) is 9.47 Å². The van der Waals surface area contributed by atoms with E-state index in [1.54, 1.807) is 30.3 Å². The van der Waals surface area contributed by atoms with Crippen molar-refractivity contribution in [1.29, 1.82) is 0 Å². The lowest BCUT2D eigenvalue weighted by Crippen LogP contribution is -2.29. The second-order valence-corrected chi connectivity index (χ2v) is 9.57. The number of sulfonamides is 1. The van der Waals surface area contributed by atoms with Crippen molar-refractivity contribution in [1.82, 2.24) is 0 Å². The zero-order chi connectivity index (χ0) is 24.9. The van der Waals surface area contributed by atoms with Crippen LogP contribution in [0.3, 0.4) is 0 Å². The molecule has 9 heteroatoms. The van der Waals surface area contributed by atoms with E-state index in [0.29, 0.717) is 40.6 Å². The molecule has 0 aliphatic carbocycles. The molecule has 0 saturated heterocycles. The van der Waals surface area contributed by atoms with Gasteiger partial charge in [-0.2, -0.15) is 0 Å². The zero-order valence-corrected chi connectivity index (χ0v) is 20.3. The van der Waals surface area contributed by atoms with Crippen molar-refractivity contribution in [2.75, 3.05) is 29.6 Å². The second-order valence-electron chi connectivity index (χ2n) is 7.66. The molecule has 7 nitrogen and oxygen atoms in total. The number of hydrogen-bond donors (Lipinski definition) is 1. The lowest BCUT2D eigenvalue weighted by atomic mass is 10.1. The number of carbonyl (C=O) groups excluding carboxylic acids is 1. The third-order valence-corrected chi connectivity index (χ3v) is 6.20. The average Bonchev–Trinajstić information content (AvgIpc) is 2.78. The number of amides is 1. The van der Waals surface area contributed by atoms with Crippen molar-refractivity contribution >= 4 is 27.3 Å². The zero-order valence-electron chi connectivity index (χ0n) is 19.5. The number of nitrogens with zero attached hydrogens (tertiary/aromatic N) is 1. The third kappa shape index (κ3) is 6.05. The van der Waals surface area contributed by atoms with E-state index >= 15 is 0 Å². The summed E-state index contributed by atoms with van der Waals surface area (Å²) in [5, 5.41) is 2.84. The molecule has 3 aromatic rings. The number of methoxy groups -OCH3 is 1. The quantitative estimate of drug-likeness (QED) is 0.471. The highest BCUT2D eigenvalue weighted by atomic mass is 32.2. The number of carbonyl (C=O) groups is 1. The summed E-state index contributed by atoms with van der Waals surface area (Å²) < 4.78 is 50.6. The van der Waals surface area contributed by atoms with Crippen LogP contribution in [0.25, 0.3) is 0 Å². The van der Waals surface area contributed by atoms with Crippen LogP contribution in [-0.4, -0.2) is 34.3 Å². The summed E-state index contributed by atoms with van der Waals surface area (Å²) in [5.41, 5.74) is 2.57. The molecule has 0 aliphatic rings. The van der Waals surface area contributed by atoms with Crippen LogP contribution in [0.2, 0.25) is 0 Å². The van der Waals surface area contributed by atoms with Gasteiger partial charge in [-0.15, -0.1) is 0 Å². The highest BCUT2D eigenvalue weighted by molar-refractivity contribution is 7.92. The van der Waals surface area contributed by atoms with Gasteiger partial charge in [-0.1, -0.05) is 6.07 Å². The van der Waals surface area contributed by atoms with E-state index in [1.807, 2.05) is 19.9 Å². The van der Waals surface area contributed by atoms with Crippen LogP contribution >= 0.6 is 0 Å². The van der Waals surface area contributed by atoms with E-state index in [2.05, 4.69) is 5.32 Å². The fourth-order valence-electron chi connectivity index (χ4n) is 3.42. The number of hydrogen-bond acceptors (Lipinski definition) is 5. The van der Waals surface area contributed by atoms with Gasteiger partial charge < -0.3 is 14.8 Å². The Morgan fingerprint density at radius 1 is 1.03 bits per heavy atom. The van der Waals surface area contributed by atoms with Gasteiger partial charge in [0.1, 0.15) is 17.3 Å². The summed E-state index contributed by atoms with van der Waals surface area (Å²) >= 11 is 0. The molecule has 3 rings (SSSR count). The molecule has 0 spiro atoms. The van der Waals surface area contributed by atoms with Gasteiger partial charge in [-0.05, 0) is 74.0 Å². The molecule has 0 unspecified atom stereocenters. The van der Waals surface area contributed by atoms with E-state index in [9.17, 15) is 17.6 Å². The number of benzene rings is 3. The van der Waals surface area contributed by atoms with Crippen molar-refractivity contribution in [2.45, 2.75) is 20.4 Å². The first kappa shape index (κ1) is 25.0. The molecule has 0 heterocycles. The first-order chi connectivity index (χ1) is 16.1. The van der Waals surface area contributed by atoms with Gasteiger partial charge in [0.15, 0.2) is 0 Å². The Labute approximate surface area is 199 Å². The number of halogens is 1. The summed E-state index contributed by atoms with van der Waals surface area (Å²) in [6.45, 7) is 3.96. The first-order valence-corrected chi connectivity index (χ1v) is 12.4. The van der Waals surface area contributed by atoms with E-state index in [0.717, 1.165) is 16.1 Å². The molecular formula is C25H27FN2O5S. The van der Waals surface area contributed by atoms with Crippen molar-refractivity contribution in [3.63, 3.8) is 0 Å². The molecule has 1 amide bonds. The first-order valence-electron chi connectivity index (χ1n) is 10.6.